The van der Waals surface area contributed by atoms with Crippen LogP contribution in [0.1, 0.15) is 52.0 Å². The second kappa shape index (κ2) is 13.5. The lowest BCUT2D eigenvalue weighted by molar-refractivity contribution is -0.160. The Balaban J connectivity index is 2.44. The predicted octanol–water partition coefficient (Wildman–Crippen LogP) is 1.16. The van der Waals surface area contributed by atoms with Gasteiger partial charge in [0.05, 0.1) is 12.6 Å². The Morgan fingerprint density at radius 1 is 1.00 bits per heavy atom. The molecule has 0 aliphatic carbocycles. The summed E-state index contributed by atoms with van der Waals surface area (Å²) >= 11 is 0. The standard InChI is InChI=1S/C22H33N3O8/c1-22(2,3)33-18(26)12-16(20(29)30)24-25-17(23)11-7-10-15(19(27)28)21(31)32-13-14-8-5-4-6-9-14/h4-6,8-9,15-17,24-25H,7,10-13,23H2,1-3H3,(H,27,28)(H,29,30)/t15?,16-,17+/m1/s1. The molecule has 11 nitrogen and oxygen atoms in total. The highest BCUT2D eigenvalue weighted by Gasteiger charge is 2.28. The van der Waals surface area contributed by atoms with Gasteiger partial charge in [-0.2, -0.15) is 0 Å². The van der Waals surface area contributed by atoms with Crippen molar-refractivity contribution >= 4 is 23.9 Å². The highest BCUT2D eigenvalue weighted by atomic mass is 16.6. The molecule has 0 saturated carbocycles. The molecule has 0 amide bonds. The molecule has 184 valence electrons. The number of carbonyl (C=O) groups excluding carboxylic acids is 2. The van der Waals surface area contributed by atoms with Crippen LogP contribution in [-0.4, -0.2) is 51.9 Å². The highest BCUT2D eigenvalue weighted by molar-refractivity contribution is 5.93. The van der Waals surface area contributed by atoms with E-state index in [-0.39, 0.29) is 25.9 Å². The zero-order chi connectivity index (χ0) is 25.0. The number of hydrazine groups is 1. The minimum absolute atomic E-state index is 0.00138. The summed E-state index contributed by atoms with van der Waals surface area (Å²) < 4.78 is 10.2. The number of carboxylic acids is 2. The second-order valence-corrected chi connectivity index (χ2v) is 8.49. The number of nitrogens with one attached hydrogen (secondary N) is 2. The Labute approximate surface area is 192 Å². The first kappa shape index (κ1) is 28.0. The van der Waals surface area contributed by atoms with Crippen LogP contribution < -0.4 is 16.6 Å². The summed E-state index contributed by atoms with van der Waals surface area (Å²) in [6.45, 7) is 4.99. The van der Waals surface area contributed by atoms with Crippen molar-refractivity contribution in [3.05, 3.63) is 35.9 Å². The van der Waals surface area contributed by atoms with Crippen molar-refractivity contribution < 1.29 is 38.9 Å². The van der Waals surface area contributed by atoms with Crippen molar-refractivity contribution in [1.82, 2.24) is 10.9 Å². The van der Waals surface area contributed by atoms with E-state index < -0.39 is 54.0 Å². The summed E-state index contributed by atoms with van der Waals surface area (Å²) in [4.78, 5) is 46.8. The summed E-state index contributed by atoms with van der Waals surface area (Å²) in [6, 6.07) is 7.62. The van der Waals surface area contributed by atoms with E-state index in [1.54, 1.807) is 45.0 Å². The van der Waals surface area contributed by atoms with E-state index in [2.05, 4.69) is 10.9 Å². The van der Waals surface area contributed by atoms with Crippen molar-refractivity contribution in [2.75, 3.05) is 0 Å². The van der Waals surface area contributed by atoms with Gasteiger partial charge in [-0.15, -0.1) is 0 Å². The SMILES string of the molecule is CC(C)(C)OC(=O)C[C@@H](NN[C@H](N)CCCC(C(=O)O)C(=O)OCc1ccccc1)C(=O)O. The number of rotatable bonds is 14. The Bertz CT molecular complexity index is 795. The smallest absolute Gasteiger partial charge is 0.322 e. The van der Waals surface area contributed by atoms with Gasteiger partial charge >= 0.3 is 23.9 Å². The number of esters is 2. The number of aliphatic carboxylic acids is 2. The molecule has 33 heavy (non-hydrogen) atoms. The van der Waals surface area contributed by atoms with Crippen LogP contribution in [0, 0.1) is 5.92 Å². The Morgan fingerprint density at radius 3 is 2.18 bits per heavy atom. The fourth-order valence-electron chi connectivity index (χ4n) is 2.74. The van der Waals surface area contributed by atoms with E-state index in [1.807, 2.05) is 6.07 Å². The molecule has 0 fully saturated rings. The number of carboxylic acid groups (broad SMARTS) is 2. The molecule has 0 spiro atoms. The van der Waals surface area contributed by atoms with Gasteiger partial charge < -0.3 is 25.4 Å². The molecular weight excluding hydrogens is 434 g/mol. The third kappa shape index (κ3) is 12.0. The van der Waals surface area contributed by atoms with Crippen molar-refractivity contribution in [2.24, 2.45) is 11.7 Å². The van der Waals surface area contributed by atoms with E-state index in [9.17, 15) is 29.4 Å². The number of carbonyl (C=O) groups is 4. The summed E-state index contributed by atoms with van der Waals surface area (Å²) in [5, 5.41) is 18.6. The molecular formula is C22H33N3O8. The molecule has 0 bridgehead atoms. The van der Waals surface area contributed by atoms with E-state index in [4.69, 9.17) is 15.2 Å². The van der Waals surface area contributed by atoms with Gasteiger partial charge in [-0.1, -0.05) is 30.3 Å². The molecule has 11 heteroatoms. The van der Waals surface area contributed by atoms with Crippen molar-refractivity contribution in [3.63, 3.8) is 0 Å². The van der Waals surface area contributed by atoms with E-state index in [0.29, 0.717) is 0 Å². The van der Waals surface area contributed by atoms with Crippen molar-refractivity contribution in [2.45, 2.75) is 70.9 Å². The highest BCUT2D eigenvalue weighted by Crippen LogP contribution is 2.14. The van der Waals surface area contributed by atoms with Gasteiger partial charge in [0.15, 0.2) is 5.92 Å². The first-order valence-electron chi connectivity index (χ1n) is 10.5. The topological polar surface area (TPSA) is 177 Å². The maximum Gasteiger partial charge on any atom is 0.322 e. The van der Waals surface area contributed by atoms with Crippen LogP contribution in [0.25, 0.3) is 0 Å². The quantitative estimate of drug-likeness (QED) is 0.115. The normalized spacial score (nSPS) is 14.1. The van der Waals surface area contributed by atoms with Crippen LogP contribution in [0.4, 0.5) is 0 Å². The third-order valence-electron chi connectivity index (χ3n) is 4.35. The molecule has 1 aromatic carbocycles. The van der Waals surface area contributed by atoms with Crippen LogP contribution >= 0.6 is 0 Å². The largest absolute Gasteiger partial charge is 0.481 e. The van der Waals surface area contributed by atoms with Crippen LogP contribution in [0.5, 0.6) is 0 Å². The van der Waals surface area contributed by atoms with Gasteiger partial charge in [0, 0.05) is 0 Å². The average molecular weight is 468 g/mol. The van der Waals surface area contributed by atoms with Crippen LogP contribution in [0.3, 0.4) is 0 Å². The van der Waals surface area contributed by atoms with Crippen LogP contribution in [0.2, 0.25) is 0 Å². The third-order valence-corrected chi connectivity index (χ3v) is 4.35. The van der Waals surface area contributed by atoms with Gasteiger partial charge in [0.1, 0.15) is 18.2 Å². The molecule has 0 saturated heterocycles. The Morgan fingerprint density at radius 2 is 1.64 bits per heavy atom. The maximum atomic E-state index is 12.2. The molecule has 0 radical (unpaired) electrons. The maximum absolute atomic E-state index is 12.2. The van der Waals surface area contributed by atoms with Crippen molar-refractivity contribution in [3.8, 4) is 0 Å². The predicted molar refractivity (Wildman–Crippen MR) is 117 cm³/mol. The minimum Gasteiger partial charge on any atom is -0.481 e. The average Bonchev–Trinajstić information content (AvgIpc) is 2.71. The molecule has 0 aliphatic rings. The monoisotopic (exact) mass is 467 g/mol. The number of benzene rings is 1. The lowest BCUT2D eigenvalue weighted by Crippen LogP contribution is -2.53. The van der Waals surface area contributed by atoms with Crippen LogP contribution in [0.15, 0.2) is 30.3 Å². The van der Waals surface area contributed by atoms with Crippen LogP contribution in [-0.2, 0) is 35.3 Å². The van der Waals surface area contributed by atoms with Gasteiger partial charge in [-0.25, -0.2) is 10.9 Å². The summed E-state index contributed by atoms with van der Waals surface area (Å²) in [5.41, 5.74) is 10.9. The van der Waals surface area contributed by atoms with Gasteiger partial charge in [-0.05, 0) is 45.6 Å². The summed E-state index contributed by atoms with van der Waals surface area (Å²) in [6.07, 6.45) is -0.669. The molecule has 1 aromatic rings. The fourth-order valence-corrected chi connectivity index (χ4v) is 2.74. The Hall–Kier alpha value is -3.02. The molecule has 0 aromatic heterocycles. The second-order valence-electron chi connectivity index (χ2n) is 8.49. The van der Waals surface area contributed by atoms with E-state index in [0.717, 1.165) is 5.56 Å². The number of hydrogen-bond acceptors (Lipinski definition) is 9. The molecule has 0 heterocycles. The first-order valence-corrected chi connectivity index (χ1v) is 10.5. The molecule has 0 aliphatic heterocycles. The summed E-state index contributed by atoms with van der Waals surface area (Å²) in [5.74, 6) is -5.43. The summed E-state index contributed by atoms with van der Waals surface area (Å²) in [7, 11) is 0. The Kier molecular flexibility index (Phi) is 11.5. The van der Waals surface area contributed by atoms with E-state index in [1.165, 1.54) is 0 Å². The lowest BCUT2D eigenvalue weighted by atomic mass is 10.0. The van der Waals surface area contributed by atoms with Gasteiger partial charge in [-0.3, -0.25) is 19.2 Å². The van der Waals surface area contributed by atoms with E-state index >= 15 is 0 Å². The zero-order valence-electron chi connectivity index (χ0n) is 19.1. The van der Waals surface area contributed by atoms with Crippen molar-refractivity contribution in [1.29, 1.82) is 0 Å². The molecule has 1 rings (SSSR count). The molecule has 6 N–H and O–H groups in total. The lowest BCUT2D eigenvalue weighted by Gasteiger charge is -2.23. The first-order chi connectivity index (χ1) is 15.4. The number of hydrogen-bond donors (Lipinski definition) is 5. The minimum atomic E-state index is -1.34. The van der Waals surface area contributed by atoms with Gasteiger partial charge in [0.25, 0.3) is 0 Å². The molecule has 3 atom stereocenters. The van der Waals surface area contributed by atoms with Gasteiger partial charge in [0.2, 0.25) is 0 Å². The number of nitrogens with two attached hydrogens (primary N) is 1. The number of ether oxygens (including phenoxy) is 2. The fraction of sp³-hybridized carbons (Fsp3) is 0.545. The molecule has 1 unspecified atom stereocenters. The zero-order valence-corrected chi connectivity index (χ0v) is 19.1.